The predicted octanol–water partition coefficient (Wildman–Crippen LogP) is 3.02. The maximum Gasteiger partial charge on any atom is 0.0539 e. The van der Waals surface area contributed by atoms with Crippen molar-refractivity contribution in [2.75, 3.05) is 6.54 Å². The lowest BCUT2D eigenvalue weighted by Gasteiger charge is -2.07. The summed E-state index contributed by atoms with van der Waals surface area (Å²) in [6.07, 6.45) is 6.25. The van der Waals surface area contributed by atoms with Gasteiger partial charge in [0.05, 0.1) is 12.7 Å². The van der Waals surface area contributed by atoms with Crippen molar-refractivity contribution >= 4 is 10.9 Å². The van der Waals surface area contributed by atoms with Crippen molar-refractivity contribution in [2.45, 2.75) is 33.5 Å². The van der Waals surface area contributed by atoms with Crippen LogP contribution >= 0.6 is 0 Å². The summed E-state index contributed by atoms with van der Waals surface area (Å²) in [6, 6.07) is 8.74. The fourth-order valence-electron chi connectivity index (χ4n) is 2.70. The van der Waals surface area contributed by atoms with Crippen LogP contribution in [0, 0.1) is 0 Å². The van der Waals surface area contributed by atoms with Crippen molar-refractivity contribution in [2.24, 2.45) is 0 Å². The van der Waals surface area contributed by atoms with Crippen molar-refractivity contribution in [1.82, 2.24) is 19.7 Å². The van der Waals surface area contributed by atoms with E-state index in [0.29, 0.717) is 0 Å². The first-order valence-electron chi connectivity index (χ1n) is 7.60. The number of hydrogen-bond acceptors (Lipinski definition) is 2. The molecule has 1 N–H and O–H groups in total. The number of fused-ring (bicyclic) bond motifs is 1. The van der Waals surface area contributed by atoms with E-state index in [1.807, 2.05) is 10.9 Å². The summed E-state index contributed by atoms with van der Waals surface area (Å²) < 4.78 is 4.26. The lowest BCUT2D eigenvalue weighted by molar-refractivity contribution is 0.658. The summed E-state index contributed by atoms with van der Waals surface area (Å²) in [4.78, 5) is 0. The molecular formula is C17H22N4. The van der Waals surface area contributed by atoms with Gasteiger partial charge < -0.3 is 9.88 Å². The van der Waals surface area contributed by atoms with Crippen LogP contribution in [-0.2, 0) is 19.6 Å². The molecule has 0 spiro atoms. The van der Waals surface area contributed by atoms with Gasteiger partial charge in [-0.2, -0.15) is 5.10 Å². The SMILES string of the molecule is CCNCc1cccc2c1ccn2Cc1cnn(CC)c1. The van der Waals surface area contributed by atoms with E-state index in [1.165, 1.54) is 22.0 Å². The molecule has 0 radical (unpaired) electrons. The molecular weight excluding hydrogens is 260 g/mol. The van der Waals surface area contributed by atoms with Gasteiger partial charge in [-0.3, -0.25) is 4.68 Å². The maximum atomic E-state index is 4.35. The normalized spacial score (nSPS) is 11.3. The van der Waals surface area contributed by atoms with Crippen molar-refractivity contribution in [3.63, 3.8) is 0 Å². The van der Waals surface area contributed by atoms with Gasteiger partial charge in [0.15, 0.2) is 0 Å². The number of rotatable bonds is 6. The standard InChI is InChI=1S/C17H22N4/c1-3-18-11-15-6-5-7-17-16(15)8-9-20(17)12-14-10-19-21(4-2)13-14/h5-10,13,18H,3-4,11-12H2,1-2H3. The monoisotopic (exact) mass is 282 g/mol. The van der Waals surface area contributed by atoms with E-state index >= 15 is 0 Å². The van der Waals surface area contributed by atoms with Crippen molar-refractivity contribution in [3.8, 4) is 0 Å². The molecule has 2 aromatic heterocycles. The molecule has 4 heteroatoms. The van der Waals surface area contributed by atoms with E-state index in [-0.39, 0.29) is 0 Å². The quantitative estimate of drug-likeness (QED) is 0.754. The van der Waals surface area contributed by atoms with Crippen LogP contribution in [0.3, 0.4) is 0 Å². The van der Waals surface area contributed by atoms with Crippen molar-refractivity contribution in [3.05, 3.63) is 54.0 Å². The first-order chi connectivity index (χ1) is 10.3. The van der Waals surface area contributed by atoms with Gasteiger partial charge in [-0.15, -0.1) is 0 Å². The summed E-state index contributed by atoms with van der Waals surface area (Å²) in [6.45, 7) is 7.94. The average molecular weight is 282 g/mol. The molecule has 110 valence electrons. The smallest absolute Gasteiger partial charge is 0.0539 e. The largest absolute Gasteiger partial charge is 0.343 e. The van der Waals surface area contributed by atoms with Crippen molar-refractivity contribution < 1.29 is 0 Å². The highest BCUT2D eigenvalue weighted by Gasteiger charge is 2.06. The zero-order chi connectivity index (χ0) is 14.7. The third-order valence-electron chi connectivity index (χ3n) is 3.83. The number of hydrogen-bond donors (Lipinski definition) is 1. The fraction of sp³-hybridized carbons (Fsp3) is 0.353. The molecule has 4 nitrogen and oxygen atoms in total. The molecule has 0 unspecified atom stereocenters. The Morgan fingerprint density at radius 1 is 1.19 bits per heavy atom. The van der Waals surface area contributed by atoms with Gasteiger partial charge in [0.1, 0.15) is 0 Å². The number of nitrogens with one attached hydrogen (secondary N) is 1. The first kappa shape index (κ1) is 13.9. The molecule has 0 saturated carbocycles. The maximum absolute atomic E-state index is 4.35. The first-order valence-corrected chi connectivity index (χ1v) is 7.60. The molecule has 0 aliphatic heterocycles. The Kier molecular flexibility index (Phi) is 4.06. The minimum atomic E-state index is 0.869. The highest BCUT2D eigenvalue weighted by Crippen LogP contribution is 2.21. The molecule has 1 aromatic carbocycles. The van der Waals surface area contributed by atoms with Crippen molar-refractivity contribution in [1.29, 1.82) is 0 Å². The number of nitrogens with zero attached hydrogens (tertiary/aromatic N) is 3. The Hall–Kier alpha value is -2.07. The van der Waals surface area contributed by atoms with Crippen LogP contribution in [0.5, 0.6) is 0 Å². The topological polar surface area (TPSA) is 34.8 Å². The minimum Gasteiger partial charge on any atom is -0.343 e. The van der Waals surface area contributed by atoms with E-state index in [4.69, 9.17) is 0 Å². The molecule has 0 atom stereocenters. The third-order valence-corrected chi connectivity index (χ3v) is 3.83. The van der Waals surface area contributed by atoms with E-state index in [9.17, 15) is 0 Å². The molecule has 21 heavy (non-hydrogen) atoms. The van der Waals surface area contributed by atoms with Gasteiger partial charge in [0, 0.05) is 41.9 Å². The molecule has 2 heterocycles. The zero-order valence-corrected chi connectivity index (χ0v) is 12.7. The lowest BCUT2D eigenvalue weighted by atomic mass is 10.1. The van der Waals surface area contributed by atoms with Gasteiger partial charge in [0.2, 0.25) is 0 Å². The molecule has 0 aliphatic carbocycles. The Morgan fingerprint density at radius 2 is 2.10 bits per heavy atom. The lowest BCUT2D eigenvalue weighted by Crippen LogP contribution is -2.11. The van der Waals surface area contributed by atoms with E-state index in [2.05, 4.69) is 65.5 Å². The molecule has 0 fully saturated rings. The number of aromatic nitrogens is 3. The summed E-state index contributed by atoms with van der Waals surface area (Å²) in [5.74, 6) is 0. The Bertz CT molecular complexity index is 723. The van der Waals surface area contributed by atoms with Crippen LogP contribution in [0.2, 0.25) is 0 Å². The van der Waals surface area contributed by atoms with Gasteiger partial charge in [-0.25, -0.2) is 0 Å². The molecule has 3 rings (SSSR count). The molecule has 3 aromatic rings. The Morgan fingerprint density at radius 3 is 2.86 bits per heavy atom. The fourth-order valence-corrected chi connectivity index (χ4v) is 2.70. The summed E-state index contributed by atoms with van der Waals surface area (Å²) in [5.41, 5.74) is 3.89. The summed E-state index contributed by atoms with van der Waals surface area (Å²) >= 11 is 0. The molecule has 0 bridgehead atoms. The minimum absolute atomic E-state index is 0.869. The van der Waals surface area contributed by atoms with Crippen LogP contribution in [-0.4, -0.2) is 20.9 Å². The highest BCUT2D eigenvalue weighted by atomic mass is 15.3. The average Bonchev–Trinajstić information content (AvgIpc) is 3.13. The van der Waals surface area contributed by atoms with Crippen LogP contribution in [0.1, 0.15) is 25.0 Å². The highest BCUT2D eigenvalue weighted by molar-refractivity contribution is 5.83. The predicted molar refractivity (Wildman–Crippen MR) is 86.3 cm³/mol. The second-order valence-electron chi connectivity index (χ2n) is 5.28. The van der Waals surface area contributed by atoms with Crippen LogP contribution in [0.15, 0.2) is 42.9 Å². The Balaban J connectivity index is 1.89. The van der Waals surface area contributed by atoms with Gasteiger partial charge in [0.25, 0.3) is 0 Å². The molecule has 0 aliphatic rings. The van der Waals surface area contributed by atoms with Gasteiger partial charge >= 0.3 is 0 Å². The van der Waals surface area contributed by atoms with Crippen LogP contribution < -0.4 is 5.32 Å². The van der Waals surface area contributed by atoms with E-state index in [1.54, 1.807) is 0 Å². The third kappa shape index (κ3) is 2.85. The second-order valence-corrected chi connectivity index (χ2v) is 5.28. The second kappa shape index (κ2) is 6.14. The number of aryl methyl sites for hydroxylation is 1. The molecule has 0 amide bonds. The Labute approximate surface area is 125 Å². The molecule has 0 saturated heterocycles. The van der Waals surface area contributed by atoms with E-state index < -0.39 is 0 Å². The van der Waals surface area contributed by atoms with E-state index in [0.717, 1.165) is 26.2 Å². The van der Waals surface area contributed by atoms with Crippen LogP contribution in [0.4, 0.5) is 0 Å². The number of benzene rings is 1. The zero-order valence-electron chi connectivity index (χ0n) is 12.7. The summed E-state index contributed by atoms with van der Waals surface area (Å²) in [5, 5.41) is 9.09. The van der Waals surface area contributed by atoms with Crippen LogP contribution in [0.25, 0.3) is 10.9 Å². The summed E-state index contributed by atoms with van der Waals surface area (Å²) in [7, 11) is 0. The van der Waals surface area contributed by atoms with Gasteiger partial charge in [-0.05, 0) is 31.2 Å². The van der Waals surface area contributed by atoms with Gasteiger partial charge in [-0.1, -0.05) is 19.1 Å².